The van der Waals surface area contributed by atoms with Crippen LogP contribution in [-0.4, -0.2) is 127 Å². The summed E-state index contributed by atoms with van der Waals surface area (Å²) >= 11 is 0. The molecule has 2 saturated heterocycles. The number of carboxylic acid groups (broad SMARTS) is 1. The lowest BCUT2D eigenvalue weighted by Gasteiger charge is -2.43. The number of aliphatic hydroxyl groups excluding tert-OH is 7. The van der Waals surface area contributed by atoms with Gasteiger partial charge in [-0.15, -0.1) is 0 Å². The predicted molar refractivity (Wildman–Crippen MR) is 105 cm³/mol. The highest BCUT2D eigenvalue weighted by Gasteiger charge is 2.59. The third-order valence-electron chi connectivity index (χ3n) is 5.62. The Bertz CT molecular complexity index is 859. The molecule has 0 saturated carbocycles. The molecule has 34 heavy (non-hydrogen) atoms. The molecule has 1 aromatic carbocycles. The van der Waals surface area contributed by atoms with Crippen LogP contribution in [0, 0.1) is 0 Å². The Balaban J connectivity index is 1.81. The maximum absolute atomic E-state index is 12.5. The Morgan fingerprint density at radius 2 is 1.44 bits per heavy atom. The average molecular weight is 490 g/mol. The van der Waals surface area contributed by atoms with Gasteiger partial charge in [0, 0.05) is 0 Å². The van der Waals surface area contributed by atoms with E-state index in [2.05, 4.69) is 0 Å². The second-order valence-electron chi connectivity index (χ2n) is 7.86. The van der Waals surface area contributed by atoms with Gasteiger partial charge in [-0.3, -0.25) is 0 Å². The van der Waals surface area contributed by atoms with E-state index >= 15 is 0 Å². The molecule has 0 spiro atoms. The molecular weight excluding hydrogens is 464 g/mol. The molecule has 2 aliphatic rings. The number of hydrogen-bond donors (Lipinski definition) is 8. The average Bonchev–Trinajstić information content (AvgIpc) is 3.07. The number of rotatable bonds is 8. The number of hydrogen-bond acceptors (Lipinski definition) is 13. The molecule has 2 aliphatic heterocycles. The first-order valence-electron chi connectivity index (χ1n) is 10.2. The van der Waals surface area contributed by atoms with E-state index in [4.69, 9.17) is 24.1 Å². The van der Waals surface area contributed by atoms with Gasteiger partial charge in [0.15, 0.2) is 6.29 Å². The molecule has 190 valence electrons. The summed E-state index contributed by atoms with van der Waals surface area (Å²) in [6, 6.07) is 4.67. The van der Waals surface area contributed by atoms with Gasteiger partial charge in [-0.05, 0) is 24.3 Å². The number of carboxylic acids is 1. The van der Waals surface area contributed by atoms with Crippen LogP contribution in [-0.2, 0) is 18.9 Å². The van der Waals surface area contributed by atoms with Gasteiger partial charge >= 0.3 is 11.9 Å². The first kappa shape index (κ1) is 26.4. The number of ether oxygens (including phenoxy) is 4. The highest BCUT2D eigenvalue weighted by Crippen LogP contribution is 2.36. The summed E-state index contributed by atoms with van der Waals surface area (Å²) in [6.07, 6.45) is -13.7. The number of carbonyl (C=O) groups is 2. The number of esters is 1. The fourth-order valence-corrected chi connectivity index (χ4v) is 3.62. The smallest absolute Gasteiger partial charge is 0.338 e. The van der Waals surface area contributed by atoms with Crippen LogP contribution in [0.3, 0.4) is 0 Å². The lowest BCUT2D eigenvalue weighted by atomic mass is 9.99. The molecule has 0 bridgehead atoms. The molecule has 2 heterocycles. The SMILES string of the molecule is O=C(O)c1ccc(C(=O)OC[C@@]2(O[C@H]3O[C@H](CO)[C@@H](O)[C@H](O)[C@H]3O)O[C@H](CO)[C@@H](O)[C@@H]2O)cc1. The Labute approximate surface area is 192 Å². The lowest BCUT2D eigenvalue weighted by molar-refractivity contribution is -0.383. The van der Waals surface area contributed by atoms with E-state index < -0.39 is 86.6 Å². The minimum atomic E-state index is -2.41. The lowest BCUT2D eigenvalue weighted by Crippen LogP contribution is -2.62. The number of aliphatic hydroxyl groups is 7. The fourth-order valence-electron chi connectivity index (χ4n) is 3.62. The number of aromatic carboxylic acids is 1. The predicted octanol–water partition coefficient (Wildman–Crippen LogP) is -3.83. The van der Waals surface area contributed by atoms with E-state index in [1.54, 1.807) is 0 Å². The Kier molecular flexibility index (Phi) is 8.20. The van der Waals surface area contributed by atoms with Crippen LogP contribution in [0.25, 0.3) is 0 Å². The zero-order valence-electron chi connectivity index (χ0n) is 17.6. The number of benzene rings is 1. The molecule has 8 N–H and O–H groups in total. The monoisotopic (exact) mass is 490 g/mol. The largest absolute Gasteiger partial charge is 0.478 e. The van der Waals surface area contributed by atoms with E-state index in [0.29, 0.717) is 0 Å². The van der Waals surface area contributed by atoms with Gasteiger partial charge in [-0.25, -0.2) is 9.59 Å². The highest BCUT2D eigenvalue weighted by molar-refractivity contribution is 5.92. The molecule has 0 amide bonds. The highest BCUT2D eigenvalue weighted by atomic mass is 16.8. The van der Waals surface area contributed by atoms with Crippen LogP contribution >= 0.6 is 0 Å². The van der Waals surface area contributed by atoms with Gasteiger partial charge < -0.3 is 59.8 Å². The van der Waals surface area contributed by atoms with E-state index in [0.717, 1.165) is 12.1 Å². The summed E-state index contributed by atoms with van der Waals surface area (Å²) in [7, 11) is 0. The topological polar surface area (TPSA) is 233 Å². The normalized spacial score (nSPS) is 38.0. The first-order valence-corrected chi connectivity index (χ1v) is 10.2. The van der Waals surface area contributed by atoms with Crippen molar-refractivity contribution in [2.45, 2.75) is 54.8 Å². The molecule has 0 unspecified atom stereocenters. The molecule has 3 rings (SSSR count). The summed E-state index contributed by atoms with van der Waals surface area (Å²) in [4.78, 5) is 23.4. The van der Waals surface area contributed by atoms with Crippen LogP contribution in [0.4, 0.5) is 0 Å². The molecule has 14 nitrogen and oxygen atoms in total. The maximum atomic E-state index is 12.5. The molecule has 14 heteroatoms. The molecule has 1 aromatic rings. The van der Waals surface area contributed by atoms with E-state index in [1.807, 2.05) is 0 Å². The standard InChI is InChI=1S/C20H26O14/c21-5-10-12(23)14(25)15(26)19(32-10)34-20(16(27)13(24)11(6-22)33-20)7-31-18(30)9-3-1-8(2-4-9)17(28)29/h1-4,10-16,19,21-27H,5-7H2,(H,28,29)/t10-,11-,12-,13-,14+,15-,16+,19-,20+/m1/s1. The van der Waals surface area contributed by atoms with Crippen LogP contribution < -0.4 is 0 Å². The van der Waals surface area contributed by atoms with Crippen molar-refractivity contribution in [3.63, 3.8) is 0 Å². The van der Waals surface area contributed by atoms with Crippen molar-refractivity contribution in [2.24, 2.45) is 0 Å². The van der Waals surface area contributed by atoms with Crippen LogP contribution in [0.2, 0.25) is 0 Å². The molecule has 0 radical (unpaired) electrons. The van der Waals surface area contributed by atoms with Crippen LogP contribution in [0.1, 0.15) is 20.7 Å². The summed E-state index contributed by atoms with van der Waals surface area (Å²) in [5.74, 6) is -4.61. The summed E-state index contributed by atoms with van der Waals surface area (Å²) in [5.41, 5.74) is -0.151. The zero-order valence-corrected chi connectivity index (χ0v) is 17.6. The van der Waals surface area contributed by atoms with Crippen molar-refractivity contribution in [3.05, 3.63) is 35.4 Å². The molecule has 0 aliphatic carbocycles. The quantitative estimate of drug-likeness (QED) is 0.163. The minimum absolute atomic E-state index is 0.0697. The molecule has 2 fully saturated rings. The van der Waals surface area contributed by atoms with Crippen LogP contribution in [0.15, 0.2) is 24.3 Å². The molecular formula is C20H26O14. The Hall–Kier alpha value is -2.24. The third-order valence-corrected chi connectivity index (χ3v) is 5.62. The summed E-state index contributed by atoms with van der Waals surface area (Å²) < 4.78 is 21.3. The van der Waals surface area contributed by atoms with E-state index in [-0.39, 0.29) is 11.1 Å². The molecule has 9 atom stereocenters. The van der Waals surface area contributed by atoms with Gasteiger partial charge in [-0.1, -0.05) is 0 Å². The second kappa shape index (κ2) is 10.6. The van der Waals surface area contributed by atoms with E-state index in [1.165, 1.54) is 12.1 Å². The van der Waals surface area contributed by atoms with Crippen molar-refractivity contribution in [3.8, 4) is 0 Å². The Morgan fingerprint density at radius 3 is 1.97 bits per heavy atom. The van der Waals surface area contributed by atoms with Crippen molar-refractivity contribution in [1.82, 2.24) is 0 Å². The second-order valence-corrected chi connectivity index (χ2v) is 7.86. The minimum Gasteiger partial charge on any atom is -0.478 e. The van der Waals surface area contributed by atoms with Gasteiger partial charge in [0.1, 0.15) is 49.3 Å². The number of carbonyl (C=O) groups excluding carboxylic acids is 1. The fraction of sp³-hybridized carbons (Fsp3) is 0.600. The van der Waals surface area contributed by atoms with E-state index in [9.17, 15) is 45.3 Å². The maximum Gasteiger partial charge on any atom is 0.338 e. The first-order chi connectivity index (χ1) is 16.0. The van der Waals surface area contributed by atoms with Gasteiger partial charge in [0.25, 0.3) is 0 Å². The van der Waals surface area contributed by atoms with Crippen molar-refractivity contribution >= 4 is 11.9 Å². The van der Waals surface area contributed by atoms with Crippen molar-refractivity contribution < 1.29 is 69.4 Å². The van der Waals surface area contributed by atoms with Crippen molar-refractivity contribution in [2.75, 3.05) is 19.8 Å². The summed E-state index contributed by atoms with van der Waals surface area (Å²) in [5, 5.41) is 78.7. The van der Waals surface area contributed by atoms with Gasteiger partial charge in [0.05, 0.1) is 24.3 Å². The Morgan fingerprint density at radius 1 is 0.853 bits per heavy atom. The third kappa shape index (κ3) is 5.06. The van der Waals surface area contributed by atoms with Crippen molar-refractivity contribution in [1.29, 1.82) is 0 Å². The van der Waals surface area contributed by atoms with Crippen LogP contribution in [0.5, 0.6) is 0 Å². The zero-order chi connectivity index (χ0) is 25.2. The van der Waals surface area contributed by atoms with Gasteiger partial charge in [0.2, 0.25) is 5.79 Å². The summed E-state index contributed by atoms with van der Waals surface area (Å²) in [6.45, 7) is -2.46. The van der Waals surface area contributed by atoms with Gasteiger partial charge in [-0.2, -0.15) is 0 Å². The molecule has 0 aromatic heterocycles.